The summed E-state index contributed by atoms with van der Waals surface area (Å²) in [7, 11) is -3.24. The zero-order chi connectivity index (χ0) is 7.21. The third-order valence-corrected chi connectivity index (χ3v) is 0. The van der Waals surface area contributed by atoms with E-state index < -0.39 is 10.4 Å². The minimum Gasteiger partial charge on any atom is -0.317 e. The van der Waals surface area contributed by atoms with E-state index >= 15 is 0 Å². The molecule has 0 spiro atoms. The fourth-order valence-corrected chi connectivity index (χ4v) is 0. The van der Waals surface area contributed by atoms with Crippen LogP contribution in [0.2, 0.25) is 0 Å². The number of hydrogen-bond donors (Lipinski definition) is 4. The Balaban J connectivity index is 0. The number of hydroxylamine groups is 1. The molecule has 0 radical (unpaired) electrons. The minimum absolute atomic E-state index is 1.43. The molecule has 0 saturated carbocycles. The summed E-state index contributed by atoms with van der Waals surface area (Å²) in [5, 5.41) is 7.32. The lowest BCUT2D eigenvalue weighted by atomic mass is 11.6. The minimum atomic E-state index is -4.67. The molecule has 0 rings (SSSR count). The van der Waals surface area contributed by atoms with Crippen LogP contribution in [0.15, 0.2) is 0 Å². The standard InChI is InChI=1S/CH5NO.H2O4S/c1-2-3;1-5(2,3)4/h2-3H,1H3;(H2,1,2,3,4). The Hall–Kier alpha value is -0.210. The van der Waals surface area contributed by atoms with Gasteiger partial charge in [-0.25, -0.2) is 5.48 Å². The molecule has 0 aromatic carbocycles. The Labute approximate surface area is 46.7 Å². The third kappa shape index (κ3) is 3010. The van der Waals surface area contributed by atoms with E-state index in [2.05, 4.69) is 0 Å². The fraction of sp³-hybridized carbons (Fsp3) is 1.00. The Kier molecular flexibility index (Phi) is 6.61. The lowest BCUT2D eigenvalue weighted by Gasteiger charge is -1.68. The summed E-state index contributed by atoms with van der Waals surface area (Å²) in [6.07, 6.45) is 0. The van der Waals surface area contributed by atoms with Crippen molar-refractivity contribution in [2.24, 2.45) is 0 Å². The van der Waals surface area contributed by atoms with Crippen molar-refractivity contribution < 1.29 is 22.7 Å². The first kappa shape index (κ1) is 10.7. The van der Waals surface area contributed by atoms with Gasteiger partial charge in [-0.1, -0.05) is 0 Å². The highest BCUT2D eigenvalue weighted by Gasteiger charge is 1.84. The molecule has 0 fully saturated rings. The third-order valence-electron chi connectivity index (χ3n) is 0. The van der Waals surface area contributed by atoms with Crippen molar-refractivity contribution in [3.05, 3.63) is 0 Å². The molecule has 0 aliphatic rings. The number of rotatable bonds is 0. The van der Waals surface area contributed by atoms with Crippen LogP contribution in [0.5, 0.6) is 0 Å². The zero-order valence-electron chi connectivity index (χ0n) is 4.07. The van der Waals surface area contributed by atoms with Crippen LogP contribution in [0.25, 0.3) is 0 Å². The Bertz CT molecular complexity index is 106. The molecule has 0 bridgehead atoms. The van der Waals surface area contributed by atoms with Crippen LogP contribution >= 0.6 is 0 Å². The predicted octanol–water partition coefficient (Wildman–Crippen LogP) is -1.06. The van der Waals surface area contributed by atoms with E-state index in [9.17, 15) is 0 Å². The average Bonchev–Trinajstić information content (AvgIpc) is 1.27. The molecule has 52 valence electrons. The SMILES string of the molecule is CNO.O=S(=O)(O)O. The van der Waals surface area contributed by atoms with Crippen LogP contribution in [-0.4, -0.2) is 29.8 Å². The van der Waals surface area contributed by atoms with E-state index in [1.54, 1.807) is 5.48 Å². The molecule has 0 unspecified atom stereocenters. The maximum absolute atomic E-state index is 8.74. The summed E-state index contributed by atoms with van der Waals surface area (Å²) in [6.45, 7) is 0. The summed E-state index contributed by atoms with van der Waals surface area (Å²) in [4.78, 5) is 0. The van der Waals surface area contributed by atoms with E-state index in [0.29, 0.717) is 0 Å². The second kappa shape index (κ2) is 4.94. The Morgan fingerprint density at radius 3 is 1.38 bits per heavy atom. The second-order valence-corrected chi connectivity index (χ2v) is 1.57. The van der Waals surface area contributed by atoms with Gasteiger partial charge < -0.3 is 5.21 Å². The van der Waals surface area contributed by atoms with E-state index in [-0.39, 0.29) is 0 Å². The molecule has 0 aliphatic heterocycles. The first-order chi connectivity index (χ1) is 3.41. The van der Waals surface area contributed by atoms with E-state index in [0.717, 1.165) is 0 Å². The first-order valence-corrected chi connectivity index (χ1v) is 2.82. The molecule has 8 heavy (non-hydrogen) atoms. The molecule has 0 atom stereocenters. The fourth-order valence-electron chi connectivity index (χ4n) is 0. The predicted molar refractivity (Wildman–Crippen MR) is 25.0 cm³/mol. The second-order valence-electron chi connectivity index (χ2n) is 0.671. The van der Waals surface area contributed by atoms with E-state index in [4.69, 9.17) is 22.7 Å². The van der Waals surface area contributed by atoms with Gasteiger partial charge >= 0.3 is 10.4 Å². The van der Waals surface area contributed by atoms with Crippen LogP contribution in [-0.2, 0) is 10.4 Å². The van der Waals surface area contributed by atoms with E-state index in [1.807, 2.05) is 0 Å². The molecule has 0 aromatic rings. The molecular weight excluding hydrogens is 138 g/mol. The van der Waals surface area contributed by atoms with Gasteiger partial charge in [0.15, 0.2) is 0 Å². The van der Waals surface area contributed by atoms with Gasteiger partial charge in [-0.15, -0.1) is 0 Å². The van der Waals surface area contributed by atoms with Crippen molar-refractivity contribution in [1.82, 2.24) is 5.48 Å². The van der Waals surface area contributed by atoms with Crippen molar-refractivity contribution in [3.63, 3.8) is 0 Å². The largest absolute Gasteiger partial charge is 0.394 e. The summed E-state index contributed by atoms with van der Waals surface area (Å²) >= 11 is 0. The van der Waals surface area contributed by atoms with Gasteiger partial charge in [-0.2, -0.15) is 8.42 Å². The van der Waals surface area contributed by atoms with Gasteiger partial charge in [-0.3, -0.25) is 9.11 Å². The van der Waals surface area contributed by atoms with Crippen molar-refractivity contribution in [3.8, 4) is 0 Å². The first-order valence-electron chi connectivity index (χ1n) is 1.42. The highest BCUT2D eigenvalue weighted by Crippen LogP contribution is 1.59. The van der Waals surface area contributed by atoms with Gasteiger partial charge in [0.2, 0.25) is 0 Å². The topological polar surface area (TPSA) is 107 Å². The molecule has 0 heterocycles. The van der Waals surface area contributed by atoms with Crippen molar-refractivity contribution in [2.45, 2.75) is 0 Å². The lowest BCUT2D eigenvalue weighted by Crippen LogP contribution is -1.91. The summed E-state index contributed by atoms with van der Waals surface area (Å²) < 4.78 is 31.6. The molecule has 0 amide bonds. The molecule has 0 saturated heterocycles. The van der Waals surface area contributed by atoms with Crippen LogP contribution in [0.4, 0.5) is 0 Å². The average molecular weight is 145 g/mol. The smallest absolute Gasteiger partial charge is 0.317 e. The highest BCUT2D eigenvalue weighted by molar-refractivity contribution is 7.79. The molecule has 4 N–H and O–H groups in total. The van der Waals surface area contributed by atoms with Crippen LogP contribution in [0.3, 0.4) is 0 Å². The van der Waals surface area contributed by atoms with Gasteiger partial charge in [0.1, 0.15) is 0 Å². The normalized spacial score (nSPS) is 9.50. The lowest BCUT2D eigenvalue weighted by molar-refractivity contribution is 0.194. The zero-order valence-corrected chi connectivity index (χ0v) is 4.88. The van der Waals surface area contributed by atoms with Gasteiger partial charge in [-0.05, 0) is 0 Å². The molecule has 7 heteroatoms. The van der Waals surface area contributed by atoms with Crippen molar-refractivity contribution in [2.75, 3.05) is 7.05 Å². The monoisotopic (exact) mass is 145 g/mol. The van der Waals surface area contributed by atoms with E-state index in [1.165, 1.54) is 7.05 Å². The van der Waals surface area contributed by atoms with Gasteiger partial charge in [0, 0.05) is 7.05 Å². The highest BCUT2D eigenvalue weighted by atomic mass is 32.3. The van der Waals surface area contributed by atoms with Crippen molar-refractivity contribution in [1.29, 1.82) is 0 Å². The van der Waals surface area contributed by atoms with Gasteiger partial charge in [0.25, 0.3) is 0 Å². The molecule has 6 nitrogen and oxygen atoms in total. The summed E-state index contributed by atoms with van der Waals surface area (Å²) in [6, 6.07) is 0. The number of nitrogens with one attached hydrogen (secondary N) is 1. The maximum atomic E-state index is 8.74. The Morgan fingerprint density at radius 2 is 1.38 bits per heavy atom. The quantitative estimate of drug-likeness (QED) is 0.256. The summed E-state index contributed by atoms with van der Waals surface area (Å²) in [5.41, 5.74) is 1.75. The van der Waals surface area contributed by atoms with Gasteiger partial charge in [0.05, 0.1) is 0 Å². The summed E-state index contributed by atoms with van der Waals surface area (Å²) in [5.74, 6) is 0. The molecule has 0 aliphatic carbocycles. The van der Waals surface area contributed by atoms with Crippen LogP contribution in [0, 0.1) is 0 Å². The number of hydrogen-bond acceptors (Lipinski definition) is 4. The van der Waals surface area contributed by atoms with Crippen LogP contribution < -0.4 is 5.48 Å². The van der Waals surface area contributed by atoms with Crippen LogP contribution in [0.1, 0.15) is 0 Å². The maximum Gasteiger partial charge on any atom is 0.394 e. The molecular formula is CH7NO5S. The van der Waals surface area contributed by atoms with Crippen molar-refractivity contribution >= 4 is 10.4 Å². The molecule has 0 aromatic heterocycles. The Morgan fingerprint density at radius 1 is 1.38 bits per heavy atom.